The molecule has 0 aliphatic heterocycles. The number of rotatable bonds is 3. The van der Waals surface area contributed by atoms with Gasteiger partial charge in [-0.05, 0) is 13.3 Å². The molecule has 3 heteroatoms. The van der Waals surface area contributed by atoms with E-state index in [0.717, 1.165) is 30.2 Å². The Labute approximate surface area is 66.6 Å². The SMILES string of the molecule is CCCc1nc(C)c(CN)o1. The third-order valence-electron chi connectivity index (χ3n) is 1.59. The number of hydrogen-bond donors (Lipinski definition) is 1. The van der Waals surface area contributed by atoms with Gasteiger partial charge in [-0.1, -0.05) is 6.92 Å². The average Bonchev–Trinajstić information content (AvgIpc) is 2.32. The topological polar surface area (TPSA) is 52.0 Å². The highest BCUT2D eigenvalue weighted by Crippen LogP contribution is 2.10. The minimum absolute atomic E-state index is 0.447. The molecule has 62 valence electrons. The van der Waals surface area contributed by atoms with Crippen molar-refractivity contribution in [3.63, 3.8) is 0 Å². The van der Waals surface area contributed by atoms with Crippen molar-refractivity contribution < 1.29 is 4.42 Å². The van der Waals surface area contributed by atoms with E-state index in [1.165, 1.54) is 0 Å². The first kappa shape index (κ1) is 8.27. The molecule has 0 aromatic carbocycles. The molecule has 0 aliphatic carbocycles. The molecule has 1 rings (SSSR count). The van der Waals surface area contributed by atoms with Gasteiger partial charge in [-0.3, -0.25) is 0 Å². The Balaban J connectivity index is 2.77. The number of oxazole rings is 1. The first-order valence-corrected chi connectivity index (χ1v) is 3.93. The summed E-state index contributed by atoms with van der Waals surface area (Å²) >= 11 is 0. The van der Waals surface area contributed by atoms with Crippen LogP contribution in [-0.2, 0) is 13.0 Å². The summed E-state index contributed by atoms with van der Waals surface area (Å²) < 4.78 is 5.37. The predicted octanol–water partition coefficient (Wildman–Crippen LogP) is 1.39. The van der Waals surface area contributed by atoms with Crippen LogP contribution < -0.4 is 5.73 Å². The molecule has 3 nitrogen and oxygen atoms in total. The van der Waals surface area contributed by atoms with Gasteiger partial charge in [-0.15, -0.1) is 0 Å². The van der Waals surface area contributed by atoms with E-state index in [-0.39, 0.29) is 0 Å². The van der Waals surface area contributed by atoms with Gasteiger partial charge in [0.15, 0.2) is 5.89 Å². The predicted molar refractivity (Wildman–Crippen MR) is 43.1 cm³/mol. The lowest BCUT2D eigenvalue weighted by atomic mass is 10.3. The highest BCUT2D eigenvalue weighted by atomic mass is 16.4. The van der Waals surface area contributed by atoms with Gasteiger partial charge in [0.1, 0.15) is 5.76 Å². The van der Waals surface area contributed by atoms with E-state index >= 15 is 0 Å². The monoisotopic (exact) mass is 154 g/mol. The van der Waals surface area contributed by atoms with Gasteiger partial charge in [0.2, 0.25) is 0 Å². The molecule has 0 fully saturated rings. The third-order valence-corrected chi connectivity index (χ3v) is 1.59. The Kier molecular flexibility index (Phi) is 2.65. The summed E-state index contributed by atoms with van der Waals surface area (Å²) in [6, 6.07) is 0. The van der Waals surface area contributed by atoms with Gasteiger partial charge < -0.3 is 10.2 Å². The molecule has 0 unspecified atom stereocenters. The van der Waals surface area contributed by atoms with Crippen molar-refractivity contribution in [2.24, 2.45) is 5.73 Å². The molecule has 1 aromatic heterocycles. The second-order valence-electron chi connectivity index (χ2n) is 2.57. The summed E-state index contributed by atoms with van der Waals surface area (Å²) in [5, 5.41) is 0. The van der Waals surface area contributed by atoms with Gasteiger partial charge in [-0.2, -0.15) is 0 Å². The number of nitrogens with two attached hydrogens (primary N) is 1. The van der Waals surface area contributed by atoms with E-state index in [1.807, 2.05) is 6.92 Å². The van der Waals surface area contributed by atoms with Crippen LogP contribution in [0.2, 0.25) is 0 Å². The lowest BCUT2D eigenvalue weighted by Gasteiger charge is -1.88. The van der Waals surface area contributed by atoms with Crippen molar-refractivity contribution in [3.05, 3.63) is 17.3 Å². The van der Waals surface area contributed by atoms with Crippen LogP contribution in [0.5, 0.6) is 0 Å². The number of nitrogens with zero attached hydrogens (tertiary/aromatic N) is 1. The average molecular weight is 154 g/mol. The molecule has 0 bridgehead atoms. The second-order valence-corrected chi connectivity index (χ2v) is 2.57. The van der Waals surface area contributed by atoms with Crippen molar-refractivity contribution in [3.8, 4) is 0 Å². The quantitative estimate of drug-likeness (QED) is 0.715. The van der Waals surface area contributed by atoms with Crippen LogP contribution in [0.4, 0.5) is 0 Å². The molecule has 1 aromatic rings. The fourth-order valence-corrected chi connectivity index (χ4v) is 0.998. The van der Waals surface area contributed by atoms with Crippen LogP contribution in [0.1, 0.15) is 30.7 Å². The molecule has 1 heterocycles. The molecular weight excluding hydrogens is 140 g/mol. The maximum atomic E-state index is 5.43. The van der Waals surface area contributed by atoms with Crippen molar-refractivity contribution >= 4 is 0 Å². The lowest BCUT2D eigenvalue weighted by molar-refractivity contribution is 0.453. The summed E-state index contributed by atoms with van der Waals surface area (Å²) in [7, 11) is 0. The van der Waals surface area contributed by atoms with E-state index < -0.39 is 0 Å². The Morgan fingerprint density at radius 3 is 2.73 bits per heavy atom. The maximum Gasteiger partial charge on any atom is 0.194 e. The number of aryl methyl sites for hydroxylation is 2. The summed E-state index contributed by atoms with van der Waals surface area (Å²) in [4.78, 5) is 4.22. The van der Waals surface area contributed by atoms with Crippen molar-refractivity contribution in [1.82, 2.24) is 4.98 Å². The van der Waals surface area contributed by atoms with Gasteiger partial charge in [0, 0.05) is 6.42 Å². The van der Waals surface area contributed by atoms with Crippen LogP contribution >= 0.6 is 0 Å². The molecule has 0 saturated carbocycles. The first-order valence-electron chi connectivity index (χ1n) is 3.93. The number of hydrogen-bond acceptors (Lipinski definition) is 3. The van der Waals surface area contributed by atoms with Crippen LogP contribution in [0.15, 0.2) is 4.42 Å². The molecular formula is C8H14N2O. The largest absolute Gasteiger partial charge is 0.444 e. The van der Waals surface area contributed by atoms with Crippen LogP contribution in [-0.4, -0.2) is 4.98 Å². The summed E-state index contributed by atoms with van der Waals surface area (Å²) in [6.45, 7) is 4.47. The highest BCUT2D eigenvalue weighted by molar-refractivity contribution is 5.07. The van der Waals surface area contributed by atoms with Crippen LogP contribution in [0.25, 0.3) is 0 Å². The number of aromatic nitrogens is 1. The molecule has 0 atom stereocenters. The Morgan fingerprint density at radius 1 is 1.55 bits per heavy atom. The second kappa shape index (κ2) is 3.53. The smallest absolute Gasteiger partial charge is 0.194 e. The zero-order valence-corrected chi connectivity index (χ0v) is 7.05. The van der Waals surface area contributed by atoms with Crippen molar-refractivity contribution in [1.29, 1.82) is 0 Å². The van der Waals surface area contributed by atoms with Crippen molar-refractivity contribution in [2.45, 2.75) is 33.2 Å². The summed E-state index contributed by atoms with van der Waals surface area (Å²) in [5.74, 6) is 1.62. The molecule has 2 N–H and O–H groups in total. The van der Waals surface area contributed by atoms with E-state index in [2.05, 4.69) is 11.9 Å². The van der Waals surface area contributed by atoms with E-state index in [9.17, 15) is 0 Å². The van der Waals surface area contributed by atoms with Gasteiger partial charge in [0.05, 0.1) is 12.2 Å². The molecule has 0 radical (unpaired) electrons. The summed E-state index contributed by atoms with van der Waals surface area (Å²) in [6.07, 6.45) is 1.96. The van der Waals surface area contributed by atoms with Crippen LogP contribution in [0, 0.1) is 6.92 Å². The zero-order chi connectivity index (χ0) is 8.27. The standard InChI is InChI=1S/C8H14N2O/c1-3-4-8-10-6(2)7(5-9)11-8/h3-5,9H2,1-2H3. The third kappa shape index (κ3) is 1.80. The van der Waals surface area contributed by atoms with E-state index in [1.54, 1.807) is 0 Å². The first-order chi connectivity index (χ1) is 5.27. The zero-order valence-electron chi connectivity index (χ0n) is 7.05. The van der Waals surface area contributed by atoms with Gasteiger partial charge in [-0.25, -0.2) is 4.98 Å². The van der Waals surface area contributed by atoms with Crippen molar-refractivity contribution in [2.75, 3.05) is 0 Å². The summed E-state index contributed by atoms with van der Waals surface area (Å²) in [5.41, 5.74) is 6.35. The van der Waals surface area contributed by atoms with Gasteiger partial charge >= 0.3 is 0 Å². The normalized spacial score (nSPS) is 10.5. The maximum absolute atomic E-state index is 5.43. The molecule has 0 spiro atoms. The Morgan fingerprint density at radius 2 is 2.27 bits per heavy atom. The minimum Gasteiger partial charge on any atom is -0.444 e. The minimum atomic E-state index is 0.447. The van der Waals surface area contributed by atoms with Gasteiger partial charge in [0.25, 0.3) is 0 Å². The fourth-order valence-electron chi connectivity index (χ4n) is 0.998. The molecule has 0 saturated heterocycles. The molecule has 0 amide bonds. The molecule has 11 heavy (non-hydrogen) atoms. The van der Waals surface area contributed by atoms with Crippen LogP contribution in [0.3, 0.4) is 0 Å². The van der Waals surface area contributed by atoms with E-state index in [4.69, 9.17) is 10.2 Å². The fraction of sp³-hybridized carbons (Fsp3) is 0.625. The Bertz CT molecular complexity index is 230. The highest BCUT2D eigenvalue weighted by Gasteiger charge is 2.05. The lowest BCUT2D eigenvalue weighted by Crippen LogP contribution is -1.95. The van der Waals surface area contributed by atoms with E-state index in [0.29, 0.717) is 6.54 Å². The molecule has 0 aliphatic rings. The Hall–Kier alpha value is -0.830.